The Labute approximate surface area is 139 Å². The third-order valence-corrected chi connectivity index (χ3v) is 5.36. The Bertz CT molecular complexity index is 821. The molecular formula is C17H21N5S. The number of aryl methyl sites for hydroxylation is 2. The highest BCUT2D eigenvalue weighted by Crippen LogP contribution is 2.28. The molecule has 0 radical (unpaired) electrons. The molecule has 0 amide bonds. The number of fused-ring (bicyclic) bond motifs is 2. The van der Waals surface area contributed by atoms with Crippen molar-refractivity contribution in [3.8, 4) is 0 Å². The van der Waals surface area contributed by atoms with Crippen molar-refractivity contribution >= 4 is 21.6 Å². The summed E-state index contributed by atoms with van der Waals surface area (Å²) in [7, 11) is 0. The second kappa shape index (κ2) is 6.02. The molecule has 6 heteroatoms. The molecule has 1 aliphatic heterocycles. The number of hydrogen-bond acceptors (Lipinski definition) is 5. The van der Waals surface area contributed by atoms with Gasteiger partial charge in [-0.3, -0.25) is 4.98 Å². The van der Waals surface area contributed by atoms with Gasteiger partial charge in [0.2, 0.25) is 0 Å². The normalized spacial score (nSPS) is 19.0. The van der Waals surface area contributed by atoms with E-state index in [1.54, 1.807) is 11.3 Å². The van der Waals surface area contributed by atoms with E-state index < -0.39 is 0 Å². The van der Waals surface area contributed by atoms with E-state index >= 15 is 0 Å². The predicted octanol–water partition coefficient (Wildman–Crippen LogP) is 3.64. The van der Waals surface area contributed by atoms with E-state index in [1.165, 1.54) is 10.3 Å². The van der Waals surface area contributed by atoms with Crippen LogP contribution in [0.3, 0.4) is 0 Å². The molecule has 120 valence electrons. The first-order valence-corrected chi connectivity index (χ1v) is 9.15. The van der Waals surface area contributed by atoms with Crippen LogP contribution in [0.15, 0.2) is 23.7 Å². The highest BCUT2D eigenvalue weighted by molar-refractivity contribution is 7.17. The Kier molecular flexibility index (Phi) is 3.87. The summed E-state index contributed by atoms with van der Waals surface area (Å²) < 4.78 is 3.32. The van der Waals surface area contributed by atoms with Gasteiger partial charge in [-0.1, -0.05) is 6.92 Å². The Morgan fingerprint density at radius 2 is 2.39 bits per heavy atom. The summed E-state index contributed by atoms with van der Waals surface area (Å²) >= 11 is 1.74. The molecule has 0 unspecified atom stereocenters. The first-order chi connectivity index (χ1) is 11.2. The van der Waals surface area contributed by atoms with Crippen molar-refractivity contribution in [3.63, 3.8) is 0 Å². The Balaban J connectivity index is 1.56. The Hall–Kier alpha value is -1.79. The van der Waals surface area contributed by atoms with E-state index in [0.29, 0.717) is 0 Å². The van der Waals surface area contributed by atoms with E-state index in [9.17, 15) is 0 Å². The van der Waals surface area contributed by atoms with Gasteiger partial charge in [0.1, 0.15) is 5.82 Å². The molecule has 3 aromatic heterocycles. The lowest BCUT2D eigenvalue weighted by Gasteiger charge is -2.26. The molecule has 0 aromatic carbocycles. The maximum atomic E-state index is 4.71. The lowest BCUT2D eigenvalue weighted by Crippen LogP contribution is -2.30. The fourth-order valence-corrected chi connectivity index (χ4v) is 3.99. The zero-order valence-corrected chi connectivity index (χ0v) is 14.3. The lowest BCUT2D eigenvalue weighted by molar-refractivity contribution is 0.344. The van der Waals surface area contributed by atoms with Crippen molar-refractivity contribution in [1.82, 2.24) is 25.1 Å². The Morgan fingerprint density at radius 1 is 1.48 bits per heavy atom. The average Bonchev–Trinajstić information content (AvgIpc) is 3.20. The van der Waals surface area contributed by atoms with Crippen molar-refractivity contribution in [2.24, 2.45) is 0 Å². The fourth-order valence-electron chi connectivity index (χ4n) is 3.20. The smallest absolute Gasteiger partial charge is 0.150 e. The van der Waals surface area contributed by atoms with Gasteiger partial charge in [0.05, 0.1) is 16.3 Å². The first-order valence-electron chi connectivity index (χ1n) is 8.27. The molecule has 0 saturated heterocycles. The molecule has 0 bridgehead atoms. The van der Waals surface area contributed by atoms with Crippen LogP contribution in [0.25, 0.3) is 10.2 Å². The van der Waals surface area contributed by atoms with Gasteiger partial charge >= 0.3 is 0 Å². The van der Waals surface area contributed by atoms with Crippen molar-refractivity contribution in [2.45, 2.75) is 51.7 Å². The largest absolute Gasteiger partial charge is 0.301 e. The van der Waals surface area contributed by atoms with E-state index in [4.69, 9.17) is 4.98 Å². The number of pyridine rings is 1. The van der Waals surface area contributed by atoms with Gasteiger partial charge in [0, 0.05) is 25.2 Å². The summed E-state index contributed by atoms with van der Waals surface area (Å²) in [6.45, 7) is 5.29. The molecule has 0 fully saturated rings. The number of nitrogens with zero attached hydrogens (tertiary/aromatic N) is 4. The number of nitrogens with one attached hydrogen (secondary N) is 1. The number of rotatable bonds is 4. The van der Waals surface area contributed by atoms with Crippen molar-refractivity contribution < 1.29 is 0 Å². The van der Waals surface area contributed by atoms with E-state index in [1.807, 2.05) is 6.20 Å². The minimum absolute atomic E-state index is 0.243. The molecular weight excluding hydrogens is 306 g/mol. The monoisotopic (exact) mass is 327 g/mol. The number of aromatic nitrogens is 4. The Morgan fingerprint density at radius 3 is 3.26 bits per heavy atom. The SMILES string of the molecule is CCc1nc2n(n1)CCC[C@@H]2N[C@H](C)c1cnc2ccsc2c1. The molecule has 23 heavy (non-hydrogen) atoms. The predicted molar refractivity (Wildman–Crippen MR) is 92.5 cm³/mol. The maximum Gasteiger partial charge on any atom is 0.150 e. The van der Waals surface area contributed by atoms with Crippen LogP contribution in [0.1, 0.15) is 56.0 Å². The third-order valence-electron chi connectivity index (χ3n) is 4.51. The van der Waals surface area contributed by atoms with Crippen LogP contribution in [-0.2, 0) is 13.0 Å². The second-order valence-electron chi connectivity index (χ2n) is 6.12. The van der Waals surface area contributed by atoms with Gasteiger partial charge in [-0.25, -0.2) is 9.67 Å². The van der Waals surface area contributed by atoms with E-state index in [0.717, 1.165) is 43.0 Å². The number of hydrogen-bond donors (Lipinski definition) is 1. The highest BCUT2D eigenvalue weighted by atomic mass is 32.1. The van der Waals surface area contributed by atoms with E-state index in [2.05, 4.69) is 51.4 Å². The average molecular weight is 327 g/mol. The molecule has 0 aliphatic carbocycles. The summed E-state index contributed by atoms with van der Waals surface area (Å²) in [4.78, 5) is 9.27. The molecule has 4 rings (SSSR count). The van der Waals surface area contributed by atoms with Gasteiger partial charge in [0.15, 0.2) is 5.82 Å². The van der Waals surface area contributed by atoms with Gasteiger partial charge in [-0.2, -0.15) is 5.10 Å². The summed E-state index contributed by atoms with van der Waals surface area (Å²) in [6, 6.07) is 4.82. The van der Waals surface area contributed by atoms with Gasteiger partial charge < -0.3 is 5.32 Å². The van der Waals surface area contributed by atoms with Crippen LogP contribution < -0.4 is 5.32 Å². The topological polar surface area (TPSA) is 55.6 Å². The van der Waals surface area contributed by atoms with Gasteiger partial charge in [-0.05, 0) is 42.8 Å². The van der Waals surface area contributed by atoms with Crippen LogP contribution in [0.2, 0.25) is 0 Å². The number of thiophene rings is 1. The molecule has 0 spiro atoms. The summed E-state index contributed by atoms with van der Waals surface area (Å²) in [5.41, 5.74) is 2.31. The zero-order valence-electron chi connectivity index (χ0n) is 13.5. The molecule has 5 nitrogen and oxygen atoms in total. The molecule has 1 aliphatic rings. The van der Waals surface area contributed by atoms with Crippen LogP contribution >= 0.6 is 11.3 Å². The van der Waals surface area contributed by atoms with Crippen molar-refractivity contribution in [1.29, 1.82) is 0 Å². The summed E-state index contributed by atoms with van der Waals surface area (Å²) in [5.74, 6) is 2.04. The standard InChI is InChI=1S/C17H21N5S/c1-3-16-20-17-14(5-4-7-22(17)21-16)19-11(2)12-9-15-13(18-10-12)6-8-23-15/h6,8-11,14,19H,3-5,7H2,1-2H3/t11-,14+/m1/s1. The minimum Gasteiger partial charge on any atom is -0.301 e. The first kappa shape index (κ1) is 14.8. The summed E-state index contributed by atoms with van der Waals surface area (Å²) in [5, 5.41) is 10.4. The summed E-state index contributed by atoms with van der Waals surface area (Å²) in [6.07, 6.45) is 5.13. The van der Waals surface area contributed by atoms with E-state index in [-0.39, 0.29) is 12.1 Å². The molecule has 1 N–H and O–H groups in total. The van der Waals surface area contributed by atoms with Crippen molar-refractivity contribution in [3.05, 3.63) is 40.9 Å². The maximum absolute atomic E-state index is 4.71. The quantitative estimate of drug-likeness (QED) is 0.795. The molecule has 2 atom stereocenters. The molecule has 0 saturated carbocycles. The molecule has 4 heterocycles. The van der Waals surface area contributed by atoms with Crippen LogP contribution in [0, 0.1) is 0 Å². The minimum atomic E-state index is 0.243. The highest BCUT2D eigenvalue weighted by Gasteiger charge is 2.25. The zero-order chi connectivity index (χ0) is 15.8. The van der Waals surface area contributed by atoms with Crippen LogP contribution in [0.4, 0.5) is 0 Å². The van der Waals surface area contributed by atoms with Gasteiger partial charge in [-0.15, -0.1) is 11.3 Å². The van der Waals surface area contributed by atoms with Gasteiger partial charge in [0.25, 0.3) is 0 Å². The molecule has 3 aromatic rings. The lowest BCUT2D eigenvalue weighted by atomic mass is 10.0. The van der Waals surface area contributed by atoms with Crippen LogP contribution in [-0.4, -0.2) is 19.7 Å². The van der Waals surface area contributed by atoms with Crippen LogP contribution in [0.5, 0.6) is 0 Å². The second-order valence-corrected chi connectivity index (χ2v) is 7.07. The third kappa shape index (κ3) is 2.77. The van der Waals surface area contributed by atoms with Crippen molar-refractivity contribution in [2.75, 3.05) is 0 Å². The fraction of sp³-hybridized carbons (Fsp3) is 0.471.